The molecule has 5 atom stereocenters. The van der Waals surface area contributed by atoms with E-state index in [1.807, 2.05) is 34.6 Å². The van der Waals surface area contributed by atoms with Crippen LogP contribution < -0.4 is 21.3 Å². The van der Waals surface area contributed by atoms with E-state index in [-0.39, 0.29) is 32.2 Å². The fourth-order valence-electron chi connectivity index (χ4n) is 5.83. The average molecular weight is 703 g/mol. The van der Waals surface area contributed by atoms with Gasteiger partial charge in [0.15, 0.2) is 0 Å². The van der Waals surface area contributed by atoms with Crippen LogP contribution >= 0.6 is 0 Å². The van der Waals surface area contributed by atoms with Crippen LogP contribution in [-0.4, -0.2) is 109 Å². The van der Waals surface area contributed by atoms with Gasteiger partial charge in [-0.1, -0.05) is 61.5 Å². The minimum Gasteiger partial charge on any atom is -0.448 e. The second kappa shape index (κ2) is 16.7. The Hall–Kier alpha value is -3.85. The van der Waals surface area contributed by atoms with Crippen LogP contribution in [0.4, 0.5) is 22.8 Å². The molecular formula is C33H53F3N6O7. The summed E-state index contributed by atoms with van der Waals surface area (Å²) in [5.74, 6) is -4.48. The summed E-state index contributed by atoms with van der Waals surface area (Å²) in [6.45, 7) is 18.7. The number of alkyl halides is 3. The van der Waals surface area contributed by atoms with Crippen LogP contribution in [0.2, 0.25) is 0 Å². The van der Waals surface area contributed by atoms with Crippen molar-refractivity contribution in [3.05, 3.63) is 12.7 Å². The van der Waals surface area contributed by atoms with Crippen molar-refractivity contribution in [2.75, 3.05) is 32.8 Å². The van der Waals surface area contributed by atoms with Crippen molar-refractivity contribution < 1.29 is 46.7 Å². The molecule has 0 aromatic carbocycles. The zero-order valence-corrected chi connectivity index (χ0v) is 29.8. The first-order chi connectivity index (χ1) is 22.5. The van der Waals surface area contributed by atoms with E-state index in [1.54, 1.807) is 20.8 Å². The van der Waals surface area contributed by atoms with E-state index in [0.29, 0.717) is 13.0 Å². The number of urea groups is 1. The van der Waals surface area contributed by atoms with Gasteiger partial charge in [-0.05, 0) is 35.5 Å². The van der Waals surface area contributed by atoms with Crippen molar-refractivity contribution in [1.29, 1.82) is 0 Å². The molecule has 49 heavy (non-hydrogen) atoms. The Kier molecular flexibility index (Phi) is 14.1. The lowest BCUT2D eigenvalue weighted by Crippen LogP contribution is -2.62. The van der Waals surface area contributed by atoms with E-state index in [0.717, 1.165) is 0 Å². The lowest BCUT2D eigenvalue weighted by Gasteiger charge is -2.38. The average Bonchev–Trinajstić information content (AvgIpc) is 3.60. The third-order valence-electron chi connectivity index (χ3n) is 8.82. The second-order valence-corrected chi connectivity index (χ2v) is 15.1. The number of ether oxygens (including phenoxy) is 1. The Morgan fingerprint density at radius 2 is 1.61 bits per heavy atom. The number of cyclic esters (lactones) is 1. The third kappa shape index (κ3) is 11.9. The maximum absolute atomic E-state index is 14.3. The fraction of sp³-hybridized carbons (Fsp3) is 0.758. The van der Waals surface area contributed by atoms with E-state index in [2.05, 4.69) is 27.8 Å². The van der Waals surface area contributed by atoms with Gasteiger partial charge < -0.3 is 35.8 Å². The monoisotopic (exact) mass is 702 g/mol. The molecule has 0 spiro atoms. The summed E-state index contributed by atoms with van der Waals surface area (Å²) in [7, 11) is 0. The van der Waals surface area contributed by atoms with Gasteiger partial charge in [0.25, 0.3) is 5.91 Å². The summed E-state index contributed by atoms with van der Waals surface area (Å²) in [5.41, 5.74) is -1.36. The first-order valence-corrected chi connectivity index (χ1v) is 16.6. The Balaban J connectivity index is 2.35. The standard InChI is InChI=1S/C33H53F3N6O7/c1-10-14-37-27(45)24(43)21(11-13-33(34,35)36)38-26(44)23-20(19(2)3)12-15-42(23)28(46)25(32(7,8)9)40-29(47)39-22(31(4,5)6)18-41-16-17-49-30(41)48/h10,19-23,25H,1,11-18H2,2-9H3,(H,37,45)(H,38,44)(H2,39,40,47)/t20-,21?,22-,23+,25-/m1/s1. The van der Waals surface area contributed by atoms with Crippen LogP contribution in [0.5, 0.6) is 0 Å². The van der Waals surface area contributed by atoms with E-state index in [1.165, 1.54) is 15.9 Å². The molecule has 0 bridgehead atoms. The first-order valence-electron chi connectivity index (χ1n) is 16.6. The van der Waals surface area contributed by atoms with Gasteiger partial charge >= 0.3 is 18.3 Å². The number of hydrogen-bond acceptors (Lipinski definition) is 7. The van der Waals surface area contributed by atoms with Crippen molar-refractivity contribution >= 4 is 35.6 Å². The number of amides is 6. The lowest BCUT2D eigenvalue weighted by atomic mass is 9.84. The molecule has 13 nitrogen and oxygen atoms in total. The highest BCUT2D eigenvalue weighted by Crippen LogP contribution is 2.34. The van der Waals surface area contributed by atoms with Gasteiger partial charge in [0, 0.05) is 26.1 Å². The minimum atomic E-state index is -4.66. The number of carbonyl (C=O) groups excluding carboxylic acids is 6. The Morgan fingerprint density at radius 3 is 2.10 bits per heavy atom. The molecule has 278 valence electrons. The van der Waals surface area contributed by atoms with Crippen LogP contribution in [-0.2, 0) is 23.9 Å². The van der Waals surface area contributed by atoms with E-state index >= 15 is 0 Å². The predicted octanol–water partition coefficient (Wildman–Crippen LogP) is 3.14. The van der Waals surface area contributed by atoms with Gasteiger partial charge in [-0.15, -0.1) is 6.58 Å². The van der Waals surface area contributed by atoms with Gasteiger partial charge in [0.2, 0.25) is 17.6 Å². The predicted molar refractivity (Wildman–Crippen MR) is 175 cm³/mol. The molecule has 16 heteroatoms. The molecule has 2 heterocycles. The van der Waals surface area contributed by atoms with Crippen molar-refractivity contribution in [2.24, 2.45) is 22.7 Å². The largest absolute Gasteiger partial charge is 0.448 e. The van der Waals surface area contributed by atoms with Crippen LogP contribution in [0.3, 0.4) is 0 Å². The van der Waals surface area contributed by atoms with Crippen molar-refractivity contribution in [3.63, 3.8) is 0 Å². The molecule has 2 rings (SSSR count). The molecule has 0 saturated carbocycles. The number of likely N-dealkylation sites (tertiary alicyclic amines) is 1. The zero-order chi connectivity index (χ0) is 37.5. The summed E-state index contributed by atoms with van der Waals surface area (Å²) in [4.78, 5) is 81.7. The number of halogens is 3. The Morgan fingerprint density at radius 1 is 0.980 bits per heavy atom. The molecule has 2 fully saturated rings. The van der Waals surface area contributed by atoms with E-state index < -0.39 is 95.6 Å². The SMILES string of the molecule is C=CCNC(=O)C(=O)C(CCC(F)(F)F)NC(=O)[C@@H]1[C@@H](C(C)C)CCN1C(=O)[C@@H](NC(=O)N[C@H](CN1CCOC1=O)C(C)(C)C)C(C)(C)C. The number of ketones is 1. The normalized spacial score (nSPS) is 20.3. The van der Waals surface area contributed by atoms with Crippen LogP contribution in [0.25, 0.3) is 0 Å². The van der Waals surface area contributed by atoms with Crippen molar-refractivity contribution in [3.8, 4) is 0 Å². The number of Topliss-reactive ketones (excluding diaryl/α,β-unsaturated/α-hetero) is 1. The number of carbonyl (C=O) groups is 6. The lowest BCUT2D eigenvalue weighted by molar-refractivity contribution is -0.147. The maximum atomic E-state index is 14.3. The highest BCUT2D eigenvalue weighted by Gasteiger charge is 2.48. The van der Waals surface area contributed by atoms with Gasteiger partial charge in [-0.3, -0.25) is 19.2 Å². The fourth-order valence-corrected chi connectivity index (χ4v) is 5.83. The summed E-state index contributed by atoms with van der Waals surface area (Å²) < 4.78 is 44.5. The molecule has 0 radical (unpaired) electrons. The summed E-state index contributed by atoms with van der Waals surface area (Å²) >= 11 is 0. The molecule has 0 aromatic rings. The quantitative estimate of drug-likeness (QED) is 0.160. The smallest absolute Gasteiger partial charge is 0.410 e. The molecule has 2 aliphatic rings. The maximum Gasteiger partial charge on any atom is 0.410 e. The topological polar surface area (TPSA) is 166 Å². The third-order valence-corrected chi connectivity index (χ3v) is 8.82. The van der Waals surface area contributed by atoms with E-state index in [4.69, 9.17) is 4.74 Å². The number of rotatable bonds is 14. The number of nitrogens with zero attached hydrogens (tertiary/aromatic N) is 2. The van der Waals surface area contributed by atoms with Gasteiger partial charge in [0.05, 0.1) is 18.6 Å². The summed E-state index contributed by atoms with van der Waals surface area (Å²) in [6.07, 6.45) is -5.79. The molecule has 4 N–H and O–H groups in total. The second-order valence-electron chi connectivity index (χ2n) is 15.1. The summed E-state index contributed by atoms with van der Waals surface area (Å²) in [6, 6.07) is -5.35. The van der Waals surface area contributed by atoms with Gasteiger partial charge in [-0.2, -0.15) is 13.2 Å². The molecular weight excluding hydrogens is 649 g/mol. The molecule has 0 aliphatic carbocycles. The van der Waals surface area contributed by atoms with Crippen LogP contribution in [0, 0.1) is 22.7 Å². The summed E-state index contributed by atoms with van der Waals surface area (Å²) in [5, 5.41) is 10.2. The molecule has 0 aromatic heterocycles. The highest BCUT2D eigenvalue weighted by atomic mass is 19.4. The first kappa shape index (κ1) is 41.3. The van der Waals surface area contributed by atoms with Gasteiger partial charge in [-0.25, -0.2) is 9.59 Å². The molecule has 2 saturated heterocycles. The van der Waals surface area contributed by atoms with Gasteiger partial charge in [0.1, 0.15) is 18.7 Å². The minimum absolute atomic E-state index is 0.109. The molecule has 1 unspecified atom stereocenters. The zero-order valence-electron chi connectivity index (χ0n) is 29.8. The molecule has 2 aliphatic heterocycles. The van der Waals surface area contributed by atoms with Crippen molar-refractivity contribution in [1.82, 2.24) is 31.1 Å². The van der Waals surface area contributed by atoms with E-state index in [9.17, 15) is 41.9 Å². The van der Waals surface area contributed by atoms with Crippen molar-refractivity contribution in [2.45, 2.75) is 105 Å². The Labute approximate surface area is 286 Å². The number of hydrogen-bond donors (Lipinski definition) is 4. The van der Waals surface area contributed by atoms with Crippen LogP contribution in [0.15, 0.2) is 12.7 Å². The highest BCUT2D eigenvalue weighted by molar-refractivity contribution is 6.38. The number of nitrogens with one attached hydrogen (secondary N) is 4. The van der Waals surface area contributed by atoms with Crippen LogP contribution in [0.1, 0.15) is 74.7 Å². The molecule has 6 amide bonds. The Bertz CT molecular complexity index is 1240.